The number of aryl methyl sites for hydroxylation is 1. The van der Waals surface area contributed by atoms with Crippen LogP contribution in [-0.2, 0) is 6.54 Å². The van der Waals surface area contributed by atoms with Crippen molar-refractivity contribution in [1.82, 2.24) is 19.5 Å². The van der Waals surface area contributed by atoms with Gasteiger partial charge in [-0.1, -0.05) is 6.92 Å². The molecule has 0 aliphatic heterocycles. The topological polar surface area (TPSA) is 69.6 Å². The molecule has 2 heterocycles. The molecule has 5 nitrogen and oxygen atoms in total. The van der Waals surface area contributed by atoms with E-state index < -0.39 is 0 Å². The van der Waals surface area contributed by atoms with Crippen LogP contribution in [0.25, 0.3) is 11.5 Å². The van der Waals surface area contributed by atoms with Crippen molar-refractivity contribution < 1.29 is 0 Å². The molecular formula is C10H12IN5. The molecule has 0 bridgehead atoms. The van der Waals surface area contributed by atoms with E-state index in [9.17, 15) is 0 Å². The number of hydrogen-bond acceptors (Lipinski definition) is 4. The third-order valence-corrected chi connectivity index (χ3v) is 3.01. The lowest BCUT2D eigenvalue weighted by molar-refractivity contribution is 0.681. The number of anilines is 1. The van der Waals surface area contributed by atoms with Gasteiger partial charge < -0.3 is 10.3 Å². The average molecular weight is 329 g/mol. The molecule has 6 heteroatoms. The zero-order chi connectivity index (χ0) is 11.5. The Labute approximate surface area is 107 Å². The van der Waals surface area contributed by atoms with E-state index >= 15 is 0 Å². The molecule has 16 heavy (non-hydrogen) atoms. The average Bonchev–Trinajstić information content (AvgIpc) is 2.71. The van der Waals surface area contributed by atoms with E-state index in [1.54, 1.807) is 18.7 Å². The minimum absolute atomic E-state index is 0.509. The molecule has 84 valence electrons. The highest BCUT2D eigenvalue weighted by atomic mass is 127. The Balaban J connectivity index is 2.42. The number of imidazole rings is 1. The summed E-state index contributed by atoms with van der Waals surface area (Å²) in [5, 5.41) is 0. The predicted molar refractivity (Wildman–Crippen MR) is 70.7 cm³/mol. The highest BCUT2D eigenvalue weighted by Crippen LogP contribution is 2.18. The summed E-state index contributed by atoms with van der Waals surface area (Å²) in [5.41, 5.74) is 6.67. The molecule has 0 unspecified atom stereocenters. The SMILES string of the molecule is CCCn1cncc1-c1ncc(I)c(N)n1. The molecule has 0 atom stereocenters. The molecule has 0 spiro atoms. The zero-order valence-corrected chi connectivity index (χ0v) is 11.0. The molecule has 0 fully saturated rings. The Kier molecular flexibility index (Phi) is 3.37. The van der Waals surface area contributed by atoms with Crippen LogP contribution in [0, 0.1) is 3.57 Å². The molecule has 2 N–H and O–H groups in total. The molecule has 0 aliphatic rings. The minimum atomic E-state index is 0.509. The number of hydrogen-bond donors (Lipinski definition) is 1. The van der Waals surface area contributed by atoms with Gasteiger partial charge >= 0.3 is 0 Å². The van der Waals surface area contributed by atoms with Crippen LogP contribution in [0.4, 0.5) is 5.82 Å². The van der Waals surface area contributed by atoms with Gasteiger partial charge in [0.15, 0.2) is 5.82 Å². The Morgan fingerprint density at radius 3 is 2.94 bits per heavy atom. The van der Waals surface area contributed by atoms with Crippen LogP contribution < -0.4 is 5.73 Å². The summed E-state index contributed by atoms with van der Waals surface area (Å²) in [6.45, 7) is 3.03. The lowest BCUT2D eigenvalue weighted by atomic mass is 10.4. The summed E-state index contributed by atoms with van der Waals surface area (Å²) in [4.78, 5) is 12.6. The molecular weight excluding hydrogens is 317 g/mol. The second kappa shape index (κ2) is 4.77. The van der Waals surface area contributed by atoms with Gasteiger partial charge in [0, 0.05) is 12.7 Å². The zero-order valence-electron chi connectivity index (χ0n) is 8.89. The molecule has 0 saturated carbocycles. The minimum Gasteiger partial charge on any atom is -0.383 e. The van der Waals surface area contributed by atoms with Gasteiger partial charge in [-0.05, 0) is 29.0 Å². The fraction of sp³-hybridized carbons (Fsp3) is 0.300. The Hall–Kier alpha value is -1.18. The van der Waals surface area contributed by atoms with Crippen LogP contribution in [-0.4, -0.2) is 19.5 Å². The van der Waals surface area contributed by atoms with Gasteiger partial charge in [0.25, 0.3) is 0 Å². The van der Waals surface area contributed by atoms with Crippen molar-refractivity contribution in [1.29, 1.82) is 0 Å². The molecule has 2 aromatic rings. The monoisotopic (exact) mass is 329 g/mol. The maximum atomic E-state index is 5.76. The maximum Gasteiger partial charge on any atom is 0.179 e. The summed E-state index contributed by atoms with van der Waals surface area (Å²) in [6, 6.07) is 0. The van der Waals surface area contributed by atoms with Crippen molar-refractivity contribution in [3.05, 3.63) is 22.3 Å². The van der Waals surface area contributed by atoms with E-state index in [4.69, 9.17) is 5.73 Å². The van der Waals surface area contributed by atoms with Crippen LogP contribution in [0.2, 0.25) is 0 Å². The molecule has 0 aliphatic carbocycles. The van der Waals surface area contributed by atoms with Gasteiger partial charge in [-0.2, -0.15) is 0 Å². The van der Waals surface area contributed by atoms with Gasteiger partial charge in [-0.3, -0.25) is 0 Å². The van der Waals surface area contributed by atoms with Crippen molar-refractivity contribution in [2.24, 2.45) is 0 Å². The quantitative estimate of drug-likeness (QED) is 0.874. The highest BCUT2D eigenvalue weighted by molar-refractivity contribution is 14.1. The van der Waals surface area contributed by atoms with E-state index in [-0.39, 0.29) is 0 Å². The number of aromatic nitrogens is 4. The van der Waals surface area contributed by atoms with E-state index in [1.807, 2.05) is 4.57 Å². The maximum absolute atomic E-state index is 5.76. The smallest absolute Gasteiger partial charge is 0.179 e. The standard InChI is InChI=1S/C10H12IN5/c1-2-3-16-6-13-5-8(16)10-14-4-7(11)9(12)15-10/h4-6H,2-3H2,1H3,(H2,12,14,15). The van der Waals surface area contributed by atoms with Gasteiger partial charge in [0.05, 0.1) is 16.1 Å². The molecule has 2 rings (SSSR count). The molecule has 0 amide bonds. The van der Waals surface area contributed by atoms with Crippen LogP contribution in [0.1, 0.15) is 13.3 Å². The summed E-state index contributed by atoms with van der Waals surface area (Å²) < 4.78 is 2.89. The first kappa shape index (κ1) is 11.3. The predicted octanol–water partition coefficient (Wildman–Crippen LogP) is 1.94. The summed E-state index contributed by atoms with van der Waals surface area (Å²) in [6.07, 6.45) is 6.32. The number of halogens is 1. The van der Waals surface area contributed by atoms with Crippen molar-refractivity contribution in [2.75, 3.05) is 5.73 Å². The van der Waals surface area contributed by atoms with Crippen molar-refractivity contribution in [3.8, 4) is 11.5 Å². The Morgan fingerprint density at radius 1 is 1.44 bits per heavy atom. The van der Waals surface area contributed by atoms with Gasteiger partial charge in [0.1, 0.15) is 11.5 Å². The molecule has 2 aromatic heterocycles. The van der Waals surface area contributed by atoms with Gasteiger partial charge in [-0.25, -0.2) is 15.0 Å². The molecule has 0 saturated heterocycles. The fourth-order valence-corrected chi connectivity index (χ4v) is 1.69. The Morgan fingerprint density at radius 2 is 2.25 bits per heavy atom. The Bertz CT molecular complexity index is 494. The van der Waals surface area contributed by atoms with Crippen LogP contribution in [0.15, 0.2) is 18.7 Å². The van der Waals surface area contributed by atoms with E-state index in [2.05, 4.69) is 44.5 Å². The number of nitrogen functional groups attached to an aromatic ring is 1. The fourth-order valence-electron chi connectivity index (χ4n) is 1.43. The highest BCUT2D eigenvalue weighted by Gasteiger charge is 2.09. The van der Waals surface area contributed by atoms with Crippen molar-refractivity contribution >= 4 is 28.4 Å². The first-order valence-corrected chi connectivity index (χ1v) is 6.08. The number of nitrogens with zero attached hydrogens (tertiary/aromatic N) is 4. The van der Waals surface area contributed by atoms with E-state index in [0.717, 1.165) is 22.2 Å². The summed E-state index contributed by atoms with van der Waals surface area (Å²) in [7, 11) is 0. The lowest BCUT2D eigenvalue weighted by Gasteiger charge is -2.06. The molecule has 0 radical (unpaired) electrons. The van der Waals surface area contributed by atoms with Crippen molar-refractivity contribution in [2.45, 2.75) is 19.9 Å². The summed E-state index contributed by atoms with van der Waals surface area (Å²) in [5.74, 6) is 1.14. The number of nitrogens with two attached hydrogens (primary N) is 1. The van der Waals surface area contributed by atoms with Crippen LogP contribution in [0.5, 0.6) is 0 Å². The third-order valence-electron chi connectivity index (χ3n) is 2.18. The van der Waals surface area contributed by atoms with E-state index in [1.165, 1.54) is 0 Å². The first-order chi connectivity index (χ1) is 7.72. The van der Waals surface area contributed by atoms with Crippen molar-refractivity contribution in [3.63, 3.8) is 0 Å². The lowest BCUT2D eigenvalue weighted by Crippen LogP contribution is -2.03. The van der Waals surface area contributed by atoms with Gasteiger partial charge in [-0.15, -0.1) is 0 Å². The largest absolute Gasteiger partial charge is 0.383 e. The van der Waals surface area contributed by atoms with Crippen LogP contribution in [0.3, 0.4) is 0 Å². The summed E-state index contributed by atoms with van der Waals surface area (Å²) >= 11 is 2.11. The van der Waals surface area contributed by atoms with Gasteiger partial charge in [0.2, 0.25) is 0 Å². The first-order valence-electron chi connectivity index (χ1n) is 5.01. The second-order valence-corrected chi connectivity index (χ2v) is 4.56. The number of rotatable bonds is 3. The van der Waals surface area contributed by atoms with Crippen LogP contribution >= 0.6 is 22.6 Å². The van der Waals surface area contributed by atoms with E-state index in [0.29, 0.717) is 11.6 Å². The normalized spacial score (nSPS) is 10.6. The third kappa shape index (κ3) is 2.16. The second-order valence-electron chi connectivity index (χ2n) is 3.40. The molecule has 0 aromatic carbocycles.